The molecule has 0 bridgehead atoms. The number of pyridine rings is 1. The Labute approximate surface area is 165 Å². The lowest BCUT2D eigenvalue weighted by Gasteiger charge is -2.35. The molecule has 0 saturated carbocycles. The molecular formula is C21H26N4O3. The summed E-state index contributed by atoms with van der Waals surface area (Å²) < 4.78 is 11.6. The smallest absolute Gasteiger partial charge is 0.317 e. The number of aromatic nitrogens is 1. The number of ether oxygens (including phenoxy) is 2. The van der Waals surface area contributed by atoms with Gasteiger partial charge in [0.25, 0.3) is 0 Å². The number of hydrogen-bond acceptors (Lipinski definition) is 5. The van der Waals surface area contributed by atoms with Crippen molar-refractivity contribution in [1.82, 2.24) is 20.1 Å². The summed E-state index contributed by atoms with van der Waals surface area (Å²) in [6.07, 6.45) is 4.50. The number of amides is 2. The van der Waals surface area contributed by atoms with Gasteiger partial charge >= 0.3 is 6.03 Å². The van der Waals surface area contributed by atoms with Gasteiger partial charge in [-0.05, 0) is 36.2 Å². The third-order valence-corrected chi connectivity index (χ3v) is 5.17. The van der Waals surface area contributed by atoms with E-state index in [-0.39, 0.29) is 12.1 Å². The SMILES string of the molecule is O=C(NC[C@@H]1COc2ccccc2O1)N1CCN(CCc2ccncc2)CC1. The lowest BCUT2D eigenvalue weighted by atomic mass is 10.2. The van der Waals surface area contributed by atoms with Gasteiger partial charge in [-0.25, -0.2) is 4.79 Å². The van der Waals surface area contributed by atoms with Crippen LogP contribution in [0.25, 0.3) is 0 Å². The van der Waals surface area contributed by atoms with Crippen LogP contribution < -0.4 is 14.8 Å². The van der Waals surface area contributed by atoms with Crippen molar-refractivity contribution in [2.45, 2.75) is 12.5 Å². The minimum atomic E-state index is -0.166. The molecule has 2 aromatic rings. The van der Waals surface area contributed by atoms with E-state index in [1.54, 1.807) is 0 Å². The van der Waals surface area contributed by atoms with Crippen LogP contribution in [-0.4, -0.2) is 72.8 Å². The Hall–Kier alpha value is -2.80. The molecule has 1 fully saturated rings. The number of fused-ring (bicyclic) bond motifs is 1. The van der Waals surface area contributed by atoms with Crippen molar-refractivity contribution in [3.8, 4) is 11.5 Å². The second-order valence-corrected chi connectivity index (χ2v) is 7.12. The predicted molar refractivity (Wildman–Crippen MR) is 106 cm³/mol. The summed E-state index contributed by atoms with van der Waals surface area (Å²) in [5.74, 6) is 1.49. The Kier molecular flexibility index (Phi) is 5.92. The zero-order valence-electron chi connectivity index (χ0n) is 15.9. The molecule has 1 aromatic heterocycles. The van der Waals surface area contributed by atoms with Gasteiger partial charge in [-0.1, -0.05) is 12.1 Å². The Morgan fingerprint density at radius 1 is 1.07 bits per heavy atom. The van der Waals surface area contributed by atoms with Gasteiger partial charge in [0.05, 0.1) is 6.54 Å². The molecule has 0 unspecified atom stereocenters. The van der Waals surface area contributed by atoms with Crippen molar-refractivity contribution in [1.29, 1.82) is 0 Å². The maximum absolute atomic E-state index is 12.5. The molecule has 1 saturated heterocycles. The van der Waals surface area contributed by atoms with E-state index in [1.807, 2.05) is 41.6 Å². The van der Waals surface area contributed by atoms with Crippen LogP contribution in [0.2, 0.25) is 0 Å². The van der Waals surface area contributed by atoms with Crippen LogP contribution in [0.4, 0.5) is 4.79 Å². The molecule has 7 nitrogen and oxygen atoms in total. The van der Waals surface area contributed by atoms with Crippen LogP contribution in [0.5, 0.6) is 11.5 Å². The number of urea groups is 1. The van der Waals surface area contributed by atoms with E-state index < -0.39 is 0 Å². The van der Waals surface area contributed by atoms with E-state index >= 15 is 0 Å². The van der Waals surface area contributed by atoms with Crippen molar-refractivity contribution in [2.24, 2.45) is 0 Å². The van der Waals surface area contributed by atoms with Crippen LogP contribution in [0, 0.1) is 0 Å². The maximum atomic E-state index is 12.5. The molecule has 148 valence electrons. The van der Waals surface area contributed by atoms with E-state index in [2.05, 4.69) is 27.3 Å². The highest BCUT2D eigenvalue weighted by Gasteiger charge is 2.24. The summed E-state index contributed by atoms with van der Waals surface area (Å²) in [6.45, 7) is 5.17. The fourth-order valence-electron chi connectivity index (χ4n) is 3.49. The average molecular weight is 382 g/mol. The molecule has 2 aliphatic heterocycles. The van der Waals surface area contributed by atoms with Gasteiger partial charge in [0, 0.05) is 45.1 Å². The van der Waals surface area contributed by atoms with Gasteiger partial charge in [0.1, 0.15) is 6.61 Å². The summed E-state index contributed by atoms with van der Waals surface area (Å²) >= 11 is 0. The first-order valence-corrected chi connectivity index (χ1v) is 9.80. The fourth-order valence-corrected chi connectivity index (χ4v) is 3.49. The Balaban J connectivity index is 1.16. The van der Waals surface area contributed by atoms with Gasteiger partial charge in [-0.15, -0.1) is 0 Å². The number of rotatable bonds is 5. The molecule has 2 aliphatic rings. The van der Waals surface area contributed by atoms with Crippen molar-refractivity contribution >= 4 is 6.03 Å². The lowest BCUT2D eigenvalue weighted by molar-refractivity contribution is 0.0880. The van der Waals surface area contributed by atoms with Crippen LogP contribution in [0.3, 0.4) is 0 Å². The van der Waals surface area contributed by atoms with Crippen molar-refractivity contribution < 1.29 is 14.3 Å². The first kappa shape index (κ1) is 18.6. The van der Waals surface area contributed by atoms with Crippen molar-refractivity contribution in [2.75, 3.05) is 45.9 Å². The third-order valence-electron chi connectivity index (χ3n) is 5.17. The predicted octanol–water partition coefficient (Wildman–Crippen LogP) is 1.79. The molecule has 1 atom stereocenters. The summed E-state index contributed by atoms with van der Waals surface area (Å²) in [5, 5.41) is 2.98. The quantitative estimate of drug-likeness (QED) is 0.854. The zero-order chi connectivity index (χ0) is 19.2. The largest absolute Gasteiger partial charge is 0.486 e. The molecule has 0 spiro atoms. The topological polar surface area (TPSA) is 66.9 Å². The molecule has 4 rings (SSSR count). The first-order chi connectivity index (χ1) is 13.8. The highest BCUT2D eigenvalue weighted by Crippen LogP contribution is 2.30. The highest BCUT2D eigenvalue weighted by atomic mass is 16.6. The summed E-state index contributed by atoms with van der Waals surface area (Å²) in [5.41, 5.74) is 1.30. The molecule has 2 amide bonds. The summed E-state index contributed by atoms with van der Waals surface area (Å²) in [7, 11) is 0. The number of nitrogens with zero attached hydrogens (tertiary/aromatic N) is 3. The number of para-hydroxylation sites is 2. The van der Waals surface area contributed by atoms with Gasteiger partial charge < -0.3 is 19.7 Å². The standard InChI is InChI=1S/C21H26N4O3/c26-21(23-15-18-16-27-19-3-1-2-4-20(19)28-18)25-13-11-24(12-14-25)10-7-17-5-8-22-9-6-17/h1-6,8-9,18H,7,10-16H2,(H,23,26)/t18-/m1/s1. The third kappa shape index (κ3) is 4.72. The molecule has 0 aliphatic carbocycles. The fraction of sp³-hybridized carbons (Fsp3) is 0.429. The number of nitrogens with one attached hydrogen (secondary N) is 1. The minimum absolute atomic E-state index is 0.0313. The van der Waals surface area contributed by atoms with Crippen molar-refractivity contribution in [3.05, 3.63) is 54.4 Å². The maximum Gasteiger partial charge on any atom is 0.317 e. The van der Waals surface area contributed by atoms with E-state index in [4.69, 9.17) is 9.47 Å². The molecule has 1 aromatic carbocycles. The van der Waals surface area contributed by atoms with E-state index in [0.29, 0.717) is 13.2 Å². The number of carbonyl (C=O) groups excluding carboxylic acids is 1. The summed E-state index contributed by atoms with van der Waals surface area (Å²) in [4.78, 5) is 20.8. The Morgan fingerprint density at radius 3 is 2.61 bits per heavy atom. The molecule has 7 heteroatoms. The average Bonchev–Trinajstić information content (AvgIpc) is 2.77. The van der Waals surface area contributed by atoms with E-state index in [9.17, 15) is 4.79 Å². The number of benzene rings is 1. The van der Waals surface area contributed by atoms with E-state index in [0.717, 1.165) is 50.6 Å². The van der Waals surface area contributed by atoms with Crippen LogP contribution in [-0.2, 0) is 6.42 Å². The monoisotopic (exact) mass is 382 g/mol. The second-order valence-electron chi connectivity index (χ2n) is 7.12. The molecule has 1 N–H and O–H groups in total. The van der Waals surface area contributed by atoms with Crippen molar-refractivity contribution in [3.63, 3.8) is 0 Å². The second kappa shape index (κ2) is 8.93. The molecule has 3 heterocycles. The Morgan fingerprint density at radius 2 is 1.82 bits per heavy atom. The van der Waals surface area contributed by atoms with E-state index in [1.165, 1.54) is 5.56 Å². The van der Waals surface area contributed by atoms with Gasteiger partial charge in [0.15, 0.2) is 17.6 Å². The molecule has 28 heavy (non-hydrogen) atoms. The van der Waals surface area contributed by atoms with Gasteiger partial charge in [-0.3, -0.25) is 9.88 Å². The molecule has 0 radical (unpaired) electrons. The van der Waals surface area contributed by atoms with Gasteiger partial charge in [-0.2, -0.15) is 0 Å². The van der Waals surface area contributed by atoms with Gasteiger partial charge in [0.2, 0.25) is 0 Å². The lowest BCUT2D eigenvalue weighted by Crippen LogP contribution is -2.53. The highest BCUT2D eigenvalue weighted by molar-refractivity contribution is 5.74. The van der Waals surface area contributed by atoms with Crippen LogP contribution in [0.1, 0.15) is 5.56 Å². The number of hydrogen-bond donors (Lipinski definition) is 1. The zero-order valence-corrected chi connectivity index (χ0v) is 15.9. The van der Waals surface area contributed by atoms with Crippen LogP contribution in [0.15, 0.2) is 48.8 Å². The normalized spacial score (nSPS) is 19.3. The van der Waals surface area contributed by atoms with Crippen LogP contribution >= 0.6 is 0 Å². The Bertz CT molecular complexity index is 778. The minimum Gasteiger partial charge on any atom is -0.486 e. The summed E-state index contributed by atoms with van der Waals surface area (Å²) in [6, 6.07) is 11.7. The first-order valence-electron chi connectivity index (χ1n) is 9.80. The molecular weight excluding hydrogens is 356 g/mol. The number of piperazine rings is 1. The number of carbonyl (C=O) groups is 1.